The summed E-state index contributed by atoms with van der Waals surface area (Å²) in [5.74, 6) is 0.669. The zero-order valence-electron chi connectivity index (χ0n) is 16.8. The number of nitrogens with zero attached hydrogens (tertiary/aromatic N) is 1. The first kappa shape index (κ1) is 22.8. The van der Waals surface area contributed by atoms with Gasteiger partial charge in [-0.3, -0.25) is 9.10 Å². The van der Waals surface area contributed by atoms with Gasteiger partial charge in [-0.25, -0.2) is 8.42 Å². The highest BCUT2D eigenvalue weighted by Gasteiger charge is 2.29. The van der Waals surface area contributed by atoms with Gasteiger partial charge in [0.2, 0.25) is 15.9 Å². The smallest absolute Gasteiger partial charge is 0.243 e. The van der Waals surface area contributed by atoms with Gasteiger partial charge >= 0.3 is 0 Å². The molecule has 0 aliphatic heterocycles. The van der Waals surface area contributed by atoms with Crippen molar-refractivity contribution in [3.63, 3.8) is 0 Å². The first-order valence-corrected chi connectivity index (χ1v) is 11.2. The maximum Gasteiger partial charge on any atom is 0.243 e. The maximum absolute atomic E-state index is 12.5. The van der Waals surface area contributed by atoms with Gasteiger partial charge in [0.25, 0.3) is 0 Å². The summed E-state index contributed by atoms with van der Waals surface area (Å²) in [5.41, 5.74) is 1.35. The van der Waals surface area contributed by atoms with Crippen molar-refractivity contribution < 1.29 is 22.7 Å². The standard InChI is InChI=1S/C20H25ClN2O5S/c1-14-6-5-7-17(12-14)28-11-10-22-20(24)15(2)23(29(4,25)26)16-8-9-19(27-3)18(21)13-16/h5-9,12-13,15H,10-11H2,1-4H3,(H,22,24). The molecule has 0 spiro atoms. The fourth-order valence-corrected chi connectivity index (χ4v) is 4.22. The van der Waals surface area contributed by atoms with E-state index in [1.54, 1.807) is 6.07 Å². The summed E-state index contributed by atoms with van der Waals surface area (Å²) < 4.78 is 36.4. The monoisotopic (exact) mass is 440 g/mol. The van der Waals surface area contributed by atoms with Gasteiger partial charge in [-0.05, 0) is 49.7 Å². The number of anilines is 1. The van der Waals surface area contributed by atoms with Gasteiger partial charge in [0.1, 0.15) is 24.1 Å². The Morgan fingerprint density at radius 1 is 1.24 bits per heavy atom. The second-order valence-electron chi connectivity index (χ2n) is 6.51. The number of carbonyl (C=O) groups excluding carboxylic acids is 1. The van der Waals surface area contributed by atoms with Crippen molar-refractivity contribution in [3.8, 4) is 11.5 Å². The third kappa shape index (κ3) is 6.27. The minimum atomic E-state index is -3.74. The second kappa shape index (κ2) is 9.84. The topological polar surface area (TPSA) is 84.9 Å². The Kier molecular flexibility index (Phi) is 7.75. The molecule has 2 rings (SSSR count). The van der Waals surface area contributed by atoms with Gasteiger partial charge in [0.15, 0.2) is 0 Å². The fraction of sp³-hybridized carbons (Fsp3) is 0.350. The molecule has 0 saturated heterocycles. The number of nitrogens with one attached hydrogen (secondary N) is 1. The van der Waals surface area contributed by atoms with E-state index in [2.05, 4.69) is 5.32 Å². The van der Waals surface area contributed by atoms with E-state index in [1.807, 2.05) is 31.2 Å². The van der Waals surface area contributed by atoms with E-state index in [-0.39, 0.29) is 23.9 Å². The normalized spacial score (nSPS) is 12.2. The van der Waals surface area contributed by atoms with E-state index >= 15 is 0 Å². The number of rotatable bonds is 9. The van der Waals surface area contributed by atoms with Gasteiger partial charge in [0, 0.05) is 0 Å². The van der Waals surface area contributed by atoms with Crippen molar-refractivity contribution in [1.82, 2.24) is 5.32 Å². The summed E-state index contributed by atoms with van der Waals surface area (Å²) in [7, 11) is -2.27. The summed E-state index contributed by atoms with van der Waals surface area (Å²) in [5, 5.41) is 2.95. The molecule has 1 N–H and O–H groups in total. The summed E-state index contributed by atoms with van der Waals surface area (Å²) in [6, 6.07) is 11.1. The first-order chi connectivity index (χ1) is 13.6. The molecule has 0 aliphatic rings. The number of sulfonamides is 1. The van der Waals surface area contributed by atoms with E-state index in [1.165, 1.54) is 26.2 Å². The number of ether oxygens (including phenoxy) is 2. The molecule has 2 aromatic rings. The lowest BCUT2D eigenvalue weighted by molar-refractivity contribution is -0.121. The van der Waals surface area contributed by atoms with E-state index in [0.717, 1.165) is 16.1 Å². The number of benzene rings is 2. The van der Waals surface area contributed by atoms with Gasteiger partial charge in [0.05, 0.1) is 30.6 Å². The summed E-state index contributed by atoms with van der Waals surface area (Å²) >= 11 is 6.12. The minimum Gasteiger partial charge on any atom is -0.495 e. The molecule has 0 heterocycles. The second-order valence-corrected chi connectivity index (χ2v) is 8.78. The van der Waals surface area contributed by atoms with Crippen LogP contribution in [0.25, 0.3) is 0 Å². The molecule has 0 aliphatic carbocycles. The van der Waals surface area contributed by atoms with Crippen LogP contribution in [-0.2, 0) is 14.8 Å². The summed E-state index contributed by atoms with van der Waals surface area (Å²) in [4.78, 5) is 12.5. The Hall–Kier alpha value is -2.45. The van der Waals surface area contributed by atoms with Crippen LogP contribution in [-0.4, -0.2) is 46.9 Å². The van der Waals surface area contributed by atoms with Crippen LogP contribution in [0, 0.1) is 6.92 Å². The molecule has 0 saturated carbocycles. The van der Waals surface area contributed by atoms with Gasteiger partial charge < -0.3 is 14.8 Å². The molecule has 0 bridgehead atoms. The van der Waals surface area contributed by atoms with Crippen LogP contribution in [0.1, 0.15) is 12.5 Å². The molecule has 0 aromatic heterocycles. The van der Waals surface area contributed by atoms with Crippen LogP contribution < -0.4 is 19.1 Å². The Morgan fingerprint density at radius 2 is 1.97 bits per heavy atom. The average molecular weight is 441 g/mol. The zero-order chi connectivity index (χ0) is 21.6. The predicted octanol–water partition coefficient (Wildman–Crippen LogP) is 3.01. The number of carbonyl (C=O) groups is 1. The van der Waals surface area contributed by atoms with Crippen LogP contribution in [0.15, 0.2) is 42.5 Å². The van der Waals surface area contributed by atoms with E-state index in [4.69, 9.17) is 21.1 Å². The Bertz CT molecular complexity index is 965. The van der Waals surface area contributed by atoms with Crippen molar-refractivity contribution >= 4 is 33.2 Å². The van der Waals surface area contributed by atoms with Gasteiger partial charge in [-0.2, -0.15) is 0 Å². The van der Waals surface area contributed by atoms with Crippen LogP contribution >= 0.6 is 11.6 Å². The number of hydrogen-bond donors (Lipinski definition) is 1. The Labute approximate surface area is 176 Å². The Morgan fingerprint density at radius 3 is 2.55 bits per heavy atom. The van der Waals surface area contributed by atoms with E-state index in [9.17, 15) is 13.2 Å². The van der Waals surface area contributed by atoms with E-state index < -0.39 is 22.0 Å². The van der Waals surface area contributed by atoms with Crippen molar-refractivity contribution in [3.05, 3.63) is 53.1 Å². The van der Waals surface area contributed by atoms with Crippen LogP contribution in [0.2, 0.25) is 5.02 Å². The molecule has 158 valence electrons. The highest BCUT2D eigenvalue weighted by molar-refractivity contribution is 7.92. The van der Waals surface area contributed by atoms with Gasteiger partial charge in [-0.15, -0.1) is 0 Å². The lowest BCUT2D eigenvalue weighted by Crippen LogP contribution is -2.48. The fourth-order valence-electron chi connectivity index (χ4n) is 2.80. The third-order valence-electron chi connectivity index (χ3n) is 4.14. The zero-order valence-corrected chi connectivity index (χ0v) is 18.4. The molecule has 0 radical (unpaired) electrons. The largest absolute Gasteiger partial charge is 0.495 e. The van der Waals surface area contributed by atoms with Crippen molar-refractivity contribution in [1.29, 1.82) is 0 Å². The molecule has 0 fully saturated rings. The molecule has 1 unspecified atom stereocenters. The lowest BCUT2D eigenvalue weighted by atomic mass is 10.2. The molecule has 1 atom stereocenters. The molecule has 1 amide bonds. The number of halogens is 1. The number of hydrogen-bond acceptors (Lipinski definition) is 5. The summed E-state index contributed by atoms with van der Waals surface area (Å²) in [6.45, 7) is 3.96. The van der Waals surface area contributed by atoms with Crippen molar-refractivity contribution in [2.75, 3.05) is 30.8 Å². The van der Waals surface area contributed by atoms with Gasteiger partial charge in [-0.1, -0.05) is 23.7 Å². The highest BCUT2D eigenvalue weighted by atomic mass is 35.5. The van der Waals surface area contributed by atoms with E-state index in [0.29, 0.717) is 11.5 Å². The van der Waals surface area contributed by atoms with Crippen LogP contribution in [0.4, 0.5) is 5.69 Å². The predicted molar refractivity (Wildman–Crippen MR) is 114 cm³/mol. The number of aryl methyl sites for hydroxylation is 1. The SMILES string of the molecule is COc1ccc(N(C(C)C(=O)NCCOc2cccc(C)c2)S(C)(=O)=O)cc1Cl. The van der Waals surface area contributed by atoms with Crippen LogP contribution in [0.3, 0.4) is 0 Å². The highest BCUT2D eigenvalue weighted by Crippen LogP contribution is 2.31. The minimum absolute atomic E-state index is 0.234. The molecule has 29 heavy (non-hydrogen) atoms. The molecule has 2 aromatic carbocycles. The van der Waals surface area contributed by atoms with Crippen molar-refractivity contribution in [2.24, 2.45) is 0 Å². The molecular weight excluding hydrogens is 416 g/mol. The molecule has 9 heteroatoms. The first-order valence-electron chi connectivity index (χ1n) is 8.93. The number of amides is 1. The lowest BCUT2D eigenvalue weighted by Gasteiger charge is -2.28. The average Bonchev–Trinajstić information content (AvgIpc) is 2.64. The quantitative estimate of drug-likeness (QED) is 0.606. The number of methoxy groups -OCH3 is 1. The molecule has 7 nitrogen and oxygen atoms in total. The maximum atomic E-state index is 12.5. The Balaban J connectivity index is 2.04. The van der Waals surface area contributed by atoms with Crippen LogP contribution in [0.5, 0.6) is 11.5 Å². The van der Waals surface area contributed by atoms with Crippen molar-refractivity contribution in [2.45, 2.75) is 19.9 Å². The third-order valence-corrected chi connectivity index (χ3v) is 5.67. The summed E-state index contributed by atoms with van der Waals surface area (Å²) in [6.07, 6.45) is 1.04. The molecular formula is C20H25ClN2O5S.